The lowest BCUT2D eigenvalue weighted by Gasteiger charge is -1.99. The normalized spacial score (nSPS) is 15.1. The number of hydrogen-bond acceptors (Lipinski definition) is 4. The van der Waals surface area contributed by atoms with Gasteiger partial charge in [-0.1, -0.05) is 12.1 Å². The fraction of sp³-hybridized carbons (Fsp3) is 0.300. The summed E-state index contributed by atoms with van der Waals surface area (Å²) >= 11 is 1.76. The summed E-state index contributed by atoms with van der Waals surface area (Å²) in [5.41, 5.74) is 1.22. The van der Waals surface area contributed by atoms with Gasteiger partial charge in [-0.25, -0.2) is 0 Å². The first-order valence-electron chi connectivity index (χ1n) is 4.65. The minimum Gasteiger partial charge on any atom is -0.282 e. The highest BCUT2D eigenvalue weighted by molar-refractivity contribution is 8.14. The van der Waals surface area contributed by atoms with Crippen molar-refractivity contribution in [1.29, 1.82) is 0 Å². The van der Waals surface area contributed by atoms with Crippen molar-refractivity contribution in [2.75, 3.05) is 12.3 Å². The van der Waals surface area contributed by atoms with E-state index in [1.165, 1.54) is 12.1 Å². The quantitative estimate of drug-likeness (QED) is 0.582. The predicted molar refractivity (Wildman–Crippen MR) is 61.6 cm³/mol. The average Bonchev–Trinajstić information content (AvgIpc) is 2.71. The molecular formula is C10H10N2O2S. The maximum atomic E-state index is 10.4. The number of hydrogen-bond donors (Lipinski definition) is 0. The molecule has 1 aromatic rings. The maximum Gasteiger partial charge on any atom is 0.269 e. The summed E-state index contributed by atoms with van der Waals surface area (Å²) in [6, 6.07) is 6.66. The zero-order valence-electron chi connectivity index (χ0n) is 8.05. The Morgan fingerprint density at radius 3 is 2.67 bits per heavy atom. The van der Waals surface area contributed by atoms with Crippen LogP contribution in [0.1, 0.15) is 5.56 Å². The van der Waals surface area contributed by atoms with Crippen LogP contribution in [0.25, 0.3) is 0 Å². The molecule has 15 heavy (non-hydrogen) atoms. The van der Waals surface area contributed by atoms with Gasteiger partial charge in [-0.15, -0.1) is 11.8 Å². The van der Waals surface area contributed by atoms with E-state index < -0.39 is 0 Å². The second kappa shape index (κ2) is 4.44. The van der Waals surface area contributed by atoms with Gasteiger partial charge in [0, 0.05) is 30.9 Å². The largest absolute Gasteiger partial charge is 0.282 e. The van der Waals surface area contributed by atoms with Gasteiger partial charge in [0.05, 0.1) is 9.97 Å². The van der Waals surface area contributed by atoms with Gasteiger partial charge < -0.3 is 0 Å². The topological polar surface area (TPSA) is 55.5 Å². The number of rotatable bonds is 3. The Labute approximate surface area is 91.6 Å². The van der Waals surface area contributed by atoms with Crippen LogP contribution in [0, 0.1) is 10.1 Å². The summed E-state index contributed by atoms with van der Waals surface area (Å²) in [7, 11) is 0. The van der Waals surface area contributed by atoms with E-state index in [2.05, 4.69) is 4.99 Å². The van der Waals surface area contributed by atoms with Gasteiger partial charge in [-0.05, 0) is 5.56 Å². The minimum atomic E-state index is -0.383. The summed E-state index contributed by atoms with van der Waals surface area (Å²) in [6.45, 7) is 0.896. The lowest BCUT2D eigenvalue weighted by Crippen LogP contribution is -1.95. The van der Waals surface area contributed by atoms with Gasteiger partial charge in [0.2, 0.25) is 0 Å². The molecule has 2 rings (SSSR count). The average molecular weight is 222 g/mol. The fourth-order valence-corrected chi connectivity index (χ4v) is 2.27. The van der Waals surface area contributed by atoms with Crippen LogP contribution in [-0.2, 0) is 6.42 Å². The van der Waals surface area contributed by atoms with Gasteiger partial charge in [-0.2, -0.15) is 0 Å². The molecule has 0 radical (unpaired) electrons. The van der Waals surface area contributed by atoms with E-state index in [9.17, 15) is 10.1 Å². The molecule has 1 aliphatic rings. The van der Waals surface area contributed by atoms with Crippen molar-refractivity contribution in [3.05, 3.63) is 39.9 Å². The Kier molecular flexibility index (Phi) is 3.01. The van der Waals surface area contributed by atoms with E-state index in [-0.39, 0.29) is 10.6 Å². The van der Waals surface area contributed by atoms with Crippen LogP contribution in [0.3, 0.4) is 0 Å². The van der Waals surface area contributed by atoms with Crippen molar-refractivity contribution in [3.63, 3.8) is 0 Å². The Hall–Kier alpha value is -1.36. The molecule has 0 bridgehead atoms. The Morgan fingerprint density at radius 1 is 1.40 bits per heavy atom. The first-order chi connectivity index (χ1) is 7.25. The number of nitro groups is 1. The second-order valence-electron chi connectivity index (χ2n) is 3.22. The first-order valence-corrected chi connectivity index (χ1v) is 5.64. The minimum absolute atomic E-state index is 0.139. The third-order valence-corrected chi connectivity index (χ3v) is 3.14. The molecule has 5 heteroatoms. The molecule has 0 fully saturated rings. The van der Waals surface area contributed by atoms with E-state index in [0.29, 0.717) is 0 Å². The zero-order valence-corrected chi connectivity index (χ0v) is 8.87. The van der Waals surface area contributed by atoms with E-state index in [0.717, 1.165) is 29.3 Å². The van der Waals surface area contributed by atoms with Crippen LogP contribution in [0.4, 0.5) is 5.69 Å². The highest BCUT2D eigenvalue weighted by Crippen LogP contribution is 2.18. The Morgan fingerprint density at radius 2 is 2.13 bits per heavy atom. The van der Waals surface area contributed by atoms with E-state index in [1.807, 2.05) is 0 Å². The summed E-state index contributed by atoms with van der Waals surface area (Å²) in [5.74, 6) is 1.06. The molecule has 0 spiro atoms. The Balaban J connectivity index is 2.06. The molecule has 78 valence electrons. The molecule has 1 aromatic carbocycles. The van der Waals surface area contributed by atoms with Crippen LogP contribution < -0.4 is 0 Å². The van der Waals surface area contributed by atoms with Crippen molar-refractivity contribution in [1.82, 2.24) is 0 Å². The number of thioether (sulfide) groups is 1. The van der Waals surface area contributed by atoms with Crippen LogP contribution in [-0.4, -0.2) is 22.3 Å². The number of aliphatic imine (C=N–C) groups is 1. The molecule has 0 aliphatic carbocycles. The predicted octanol–water partition coefficient (Wildman–Crippen LogP) is 2.28. The van der Waals surface area contributed by atoms with Gasteiger partial charge in [0.25, 0.3) is 5.69 Å². The van der Waals surface area contributed by atoms with Crippen molar-refractivity contribution >= 4 is 22.5 Å². The van der Waals surface area contributed by atoms with Gasteiger partial charge in [0.1, 0.15) is 0 Å². The second-order valence-corrected chi connectivity index (χ2v) is 4.39. The number of nitro benzene ring substituents is 1. The smallest absolute Gasteiger partial charge is 0.269 e. The molecule has 0 saturated heterocycles. The summed E-state index contributed by atoms with van der Waals surface area (Å²) in [6.07, 6.45) is 0.794. The molecule has 0 saturated carbocycles. The van der Waals surface area contributed by atoms with Crippen molar-refractivity contribution < 1.29 is 4.92 Å². The van der Waals surface area contributed by atoms with Crippen molar-refractivity contribution in [2.45, 2.75) is 6.42 Å². The van der Waals surface area contributed by atoms with Crippen molar-refractivity contribution in [2.24, 2.45) is 4.99 Å². The van der Waals surface area contributed by atoms with Crippen molar-refractivity contribution in [3.8, 4) is 0 Å². The fourth-order valence-electron chi connectivity index (χ4n) is 1.40. The molecule has 0 unspecified atom stereocenters. The number of benzene rings is 1. The molecule has 1 heterocycles. The van der Waals surface area contributed by atoms with Crippen LogP contribution in [0.15, 0.2) is 29.3 Å². The molecule has 1 aliphatic heterocycles. The maximum absolute atomic E-state index is 10.4. The van der Waals surface area contributed by atoms with E-state index >= 15 is 0 Å². The summed E-state index contributed by atoms with van der Waals surface area (Å²) in [4.78, 5) is 14.4. The first kappa shape index (κ1) is 10.2. The molecule has 0 N–H and O–H groups in total. The monoisotopic (exact) mass is 222 g/mol. The molecule has 0 aromatic heterocycles. The molecular weight excluding hydrogens is 212 g/mol. The molecule has 0 amide bonds. The SMILES string of the molecule is O=[N+]([O-])c1ccc(CC2=NCCS2)cc1. The van der Waals surface area contributed by atoms with Gasteiger partial charge in [0.15, 0.2) is 0 Å². The van der Waals surface area contributed by atoms with E-state index in [1.54, 1.807) is 23.9 Å². The van der Waals surface area contributed by atoms with Crippen LogP contribution >= 0.6 is 11.8 Å². The Bertz CT molecular complexity index is 400. The highest BCUT2D eigenvalue weighted by Gasteiger charge is 2.09. The zero-order chi connectivity index (χ0) is 10.7. The molecule has 0 atom stereocenters. The lowest BCUT2D eigenvalue weighted by atomic mass is 10.1. The van der Waals surface area contributed by atoms with Gasteiger partial charge >= 0.3 is 0 Å². The van der Waals surface area contributed by atoms with E-state index in [4.69, 9.17) is 0 Å². The molecule has 4 nitrogen and oxygen atoms in total. The number of nitrogens with zero attached hydrogens (tertiary/aromatic N) is 2. The summed E-state index contributed by atoms with van der Waals surface area (Å²) < 4.78 is 0. The third kappa shape index (κ3) is 2.56. The van der Waals surface area contributed by atoms with Gasteiger partial charge in [-0.3, -0.25) is 15.1 Å². The summed E-state index contributed by atoms with van der Waals surface area (Å²) in [5, 5.41) is 11.6. The standard InChI is InChI=1S/C10H10N2O2S/c13-12(14)9-3-1-8(2-4-9)7-10-11-5-6-15-10/h1-4H,5-7H2. The van der Waals surface area contributed by atoms with Crippen LogP contribution in [0.5, 0.6) is 0 Å². The number of non-ortho nitro benzene ring substituents is 1. The highest BCUT2D eigenvalue weighted by atomic mass is 32.2. The van der Waals surface area contributed by atoms with Crippen LogP contribution in [0.2, 0.25) is 0 Å². The lowest BCUT2D eigenvalue weighted by molar-refractivity contribution is -0.384. The third-order valence-electron chi connectivity index (χ3n) is 2.15.